The molecule has 0 fully saturated rings. The standard InChI is InChI=1S/C33H39FN4O3S/c1-8-40-31(39)29(41-32(3,4)5)27-20(2)36-26-18-25(37-38(26)28(27)22-13-15-33(6,7)16-14-22)30-35-19-24(42-30)17-21-9-11-23(34)12-10-21/h9-13,18-19,29H,8,14-17H2,1-7H3. The summed E-state index contributed by atoms with van der Waals surface area (Å²) in [6.45, 7) is 14.3. The van der Waals surface area contributed by atoms with Crippen molar-refractivity contribution in [1.82, 2.24) is 19.6 Å². The zero-order chi connectivity index (χ0) is 30.2. The number of hydrogen-bond acceptors (Lipinski definition) is 7. The quantitative estimate of drug-likeness (QED) is 0.194. The van der Waals surface area contributed by atoms with Gasteiger partial charge in [0.1, 0.15) is 16.5 Å². The molecule has 0 amide bonds. The van der Waals surface area contributed by atoms with Gasteiger partial charge < -0.3 is 9.47 Å². The third kappa shape index (κ3) is 6.63. The molecule has 0 saturated carbocycles. The maximum Gasteiger partial charge on any atom is 0.340 e. The maximum absolute atomic E-state index is 13.4. The van der Waals surface area contributed by atoms with Crippen LogP contribution in [0.5, 0.6) is 0 Å². The maximum atomic E-state index is 13.4. The molecule has 3 aromatic heterocycles. The number of ether oxygens (including phenoxy) is 2. The lowest BCUT2D eigenvalue weighted by Gasteiger charge is -2.32. The predicted octanol–water partition coefficient (Wildman–Crippen LogP) is 7.90. The number of halogens is 1. The van der Waals surface area contributed by atoms with E-state index in [1.165, 1.54) is 12.1 Å². The van der Waals surface area contributed by atoms with Crippen molar-refractivity contribution < 1.29 is 18.7 Å². The van der Waals surface area contributed by atoms with E-state index in [0.29, 0.717) is 29.0 Å². The molecule has 0 spiro atoms. The van der Waals surface area contributed by atoms with Gasteiger partial charge in [-0.1, -0.05) is 32.1 Å². The van der Waals surface area contributed by atoms with Crippen molar-refractivity contribution in [2.45, 2.75) is 85.9 Å². The minimum atomic E-state index is -0.956. The zero-order valence-corrected chi connectivity index (χ0v) is 26.3. The molecular formula is C33H39FN4O3S. The molecule has 3 heterocycles. The number of hydrogen-bond donors (Lipinski definition) is 0. The Morgan fingerprint density at radius 1 is 1.21 bits per heavy atom. The van der Waals surface area contributed by atoms with Gasteiger partial charge in [0.15, 0.2) is 11.8 Å². The summed E-state index contributed by atoms with van der Waals surface area (Å²) in [5.41, 5.74) is 5.35. The molecule has 0 radical (unpaired) electrons. The number of carbonyl (C=O) groups excluding carboxylic acids is 1. The van der Waals surface area contributed by atoms with Gasteiger partial charge in [-0.2, -0.15) is 5.10 Å². The number of aryl methyl sites for hydroxylation is 1. The molecule has 7 nitrogen and oxygen atoms in total. The van der Waals surface area contributed by atoms with Crippen LogP contribution in [0, 0.1) is 18.2 Å². The van der Waals surface area contributed by atoms with Crippen molar-refractivity contribution >= 4 is 28.5 Å². The normalized spacial score (nSPS) is 16.0. The monoisotopic (exact) mass is 590 g/mol. The lowest BCUT2D eigenvalue weighted by atomic mass is 9.77. The van der Waals surface area contributed by atoms with Crippen LogP contribution in [0.25, 0.3) is 21.9 Å². The highest BCUT2D eigenvalue weighted by Crippen LogP contribution is 2.42. The van der Waals surface area contributed by atoms with Crippen molar-refractivity contribution in [2.75, 3.05) is 6.61 Å². The molecule has 1 aliphatic rings. The highest BCUT2D eigenvalue weighted by atomic mass is 32.1. The van der Waals surface area contributed by atoms with E-state index in [9.17, 15) is 9.18 Å². The van der Waals surface area contributed by atoms with Gasteiger partial charge in [-0.15, -0.1) is 11.3 Å². The van der Waals surface area contributed by atoms with Gasteiger partial charge in [0.2, 0.25) is 0 Å². The molecule has 1 aromatic carbocycles. The van der Waals surface area contributed by atoms with Gasteiger partial charge in [0.25, 0.3) is 0 Å². The Bertz CT molecular complexity index is 1630. The SMILES string of the molecule is CCOC(=O)C(OC(C)(C)C)c1c(C)nc2cc(-c3ncc(Cc4ccc(F)cc4)s3)nn2c1C1=CCC(C)(C)CC1. The number of nitrogens with zero attached hydrogens (tertiary/aromatic N) is 4. The average Bonchev–Trinajstić information content (AvgIpc) is 3.55. The van der Waals surface area contributed by atoms with Crippen LogP contribution < -0.4 is 0 Å². The van der Waals surface area contributed by atoms with Crippen molar-refractivity contribution in [2.24, 2.45) is 5.41 Å². The van der Waals surface area contributed by atoms with Crippen molar-refractivity contribution in [3.05, 3.63) is 75.8 Å². The third-order valence-corrected chi connectivity index (χ3v) is 8.42. The first kappa shape index (κ1) is 30.0. The summed E-state index contributed by atoms with van der Waals surface area (Å²) in [4.78, 5) is 24.0. The summed E-state index contributed by atoms with van der Waals surface area (Å²) < 4.78 is 27.1. The number of allylic oxidation sites excluding steroid dienone is 2. The molecule has 1 unspecified atom stereocenters. The molecule has 4 aromatic rings. The van der Waals surface area contributed by atoms with Crippen LogP contribution in [0.15, 0.2) is 42.6 Å². The van der Waals surface area contributed by atoms with Gasteiger partial charge in [0.05, 0.1) is 17.9 Å². The van der Waals surface area contributed by atoms with E-state index in [2.05, 4.69) is 24.9 Å². The zero-order valence-electron chi connectivity index (χ0n) is 25.5. The van der Waals surface area contributed by atoms with E-state index < -0.39 is 17.7 Å². The van der Waals surface area contributed by atoms with Crippen LogP contribution in [0.3, 0.4) is 0 Å². The Labute approximate surface area is 250 Å². The van der Waals surface area contributed by atoms with Crippen molar-refractivity contribution in [3.63, 3.8) is 0 Å². The summed E-state index contributed by atoms with van der Waals surface area (Å²) >= 11 is 1.55. The number of esters is 1. The fourth-order valence-electron chi connectivity index (χ4n) is 5.26. The molecule has 1 aliphatic carbocycles. The van der Waals surface area contributed by atoms with Gasteiger partial charge in [0, 0.05) is 34.8 Å². The summed E-state index contributed by atoms with van der Waals surface area (Å²) in [6.07, 6.45) is 6.59. The Hall–Kier alpha value is -3.43. The van der Waals surface area contributed by atoms with Crippen molar-refractivity contribution in [1.29, 1.82) is 0 Å². The summed E-state index contributed by atoms with van der Waals surface area (Å²) in [5, 5.41) is 5.79. The summed E-state index contributed by atoms with van der Waals surface area (Å²) in [7, 11) is 0. The second kappa shape index (κ2) is 11.7. The predicted molar refractivity (Wildman–Crippen MR) is 164 cm³/mol. The fraction of sp³-hybridized carbons (Fsp3) is 0.455. The second-order valence-electron chi connectivity index (χ2n) is 12.7. The van der Waals surface area contributed by atoms with Gasteiger partial charge in [-0.25, -0.2) is 23.7 Å². The molecule has 0 aliphatic heterocycles. The van der Waals surface area contributed by atoms with E-state index in [4.69, 9.17) is 19.6 Å². The minimum absolute atomic E-state index is 0.199. The Kier molecular flexibility index (Phi) is 8.36. The number of thiazole rings is 1. The fourth-order valence-corrected chi connectivity index (χ4v) is 6.16. The lowest BCUT2D eigenvalue weighted by molar-refractivity contribution is -0.167. The number of benzene rings is 1. The van der Waals surface area contributed by atoms with Crippen LogP contribution in [0.4, 0.5) is 4.39 Å². The molecule has 9 heteroatoms. The smallest absolute Gasteiger partial charge is 0.340 e. The topological polar surface area (TPSA) is 78.6 Å². The number of rotatable bonds is 8. The highest BCUT2D eigenvalue weighted by molar-refractivity contribution is 7.15. The van der Waals surface area contributed by atoms with Crippen LogP contribution in [0.1, 0.15) is 94.3 Å². The molecule has 222 valence electrons. The third-order valence-electron chi connectivity index (χ3n) is 7.40. The van der Waals surface area contributed by atoms with Crippen LogP contribution in [0.2, 0.25) is 0 Å². The van der Waals surface area contributed by atoms with E-state index in [-0.39, 0.29) is 17.8 Å². The second-order valence-corrected chi connectivity index (χ2v) is 13.8. The highest BCUT2D eigenvalue weighted by Gasteiger charge is 2.36. The van der Waals surface area contributed by atoms with Gasteiger partial charge in [-0.3, -0.25) is 0 Å². The summed E-state index contributed by atoms with van der Waals surface area (Å²) in [5.74, 6) is -0.687. The van der Waals surface area contributed by atoms with Crippen LogP contribution in [-0.4, -0.2) is 37.8 Å². The molecule has 5 rings (SSSR count). The Morgan fingerprint density at radius 3 is 2.60 bits per heavy atom. The van der Waals surface area contributed by atoms with E-state index in [1.807, 2.05) is 44.5 Å². The van der Waals surface area contributed by atoms with Crippen LogP contribution >= 0.6 is 11.3 Å². The number of carbonyl (C=O) groups is 1. The molecule has 42 heavy (non-hydrogen) atoms. The minimum Gasteiger partial charge on any atom is -0.464 e. The molecule has 0 bridgehead atoms. The molecule has 0 saturated heterocycles. The van der Waals surface area contributed by atoms with E-state index >= 15 is 0 Å². The Morgan fingerprint density at radius 2 is 1.95 bits per heavy atom. The van der Waals surface area contributed by atoms with Gasteiger partial charge in [-0.05, 0) is 82.6 Å². The molecular weight excluding hydrogens is 551 g/mol. The largest absolute Gasteiger partial charge is 0.464 e. The first-order valence-corrected chi connectivity index (χ1v) is 15.3. The molecule has 0 N–H and O–H groups in total. The lowest BCUT2D eigenvalue weighted by Crippen LogP contribution is -2.31. The van der Waals surface area contributed by atoms with E-state index in [1.54, 1.807) is 30.4 Å². The Balaban J connectivity index is 1.63. The first-order valence-electron chi connectivity index (χ1n) is 14.5. The average molecular weight is 591 g/mol. The van der Waals surface area contributed by atoms with Crippen molar-refractivity contribution in [3.8, 4) is 10.7 Å². The molecule has 1 atom stereocenters. The first-order chi connectivity index (χ1) is 19.8. The van der Waals surface area contributed by atoms with Gasteiger partial charge >= 0.3 is 5.97 Å². The summed E-state index contributed by atoms with van der Waals surface area (Å²) in [6, 6.07) is 8.47. The van der Waals surface area contributed by atoms with Crippen LogP contribution in [-0.2, 0) is 20.7 Å². The van der Waals surface area contributed by atoms with E-state index in [0.717, 1.165) is 46.0 Å². The number of fused-ring (bicyclic) bond motifs is 1. The number of aromatic nitrogens is 4.